The zero-order valence-electron chi connectivity index (χ0n) is 15.6. The highest BCUT2D eigenvalue weighted by molar-refractivity contribution is 7.17. The van der Waals surface area contributed by atoms with Gasteiger partial charge in [0, 0.05) is 24.7 Å². The molecule has 1 saturated heterocycles. The Labute approximate surface area is 175 Å². The van der Waals surface area contributed by atoms with E-state index in [-0.39, 0.29) is 36.8 Å². The van der Waals surface area contributed by atoms with Crippen LogP contribution in [0.5, 0.6) is 11.5 Å². The molecule has 0 saturated carbocycles. The Morgan fingerprint density at radius 2 is 1.96 bits per heavy atom. The second-order valence-electron chi connectivity index (χ2n) is 6.16. The van der Waals surface area contributed by atoms with Gasteiger partial charge in [-0.05, 0) is 38.0 Å². The Balaban J connectivity index is 0.00000182. The van der Waals surface area contributed by atoms with Gasteiger partial charge in [-0.2, -0.15) is 0 Å². The quantitative estimate of drug-likeness (QED) is 0.797. The first-order valence-electron chi connectivity index (χ1n) is 8.28. The van der Waals surface area contributed by atoms with Crippen molar-refractivity contribution in [1.82, 2.24) is 9.88 Å². The van der Waals surface area contributed by atoms with E-state index in [1.165, 1.54) is 11.3 Å². The van der Waals surface area contributed by atoms with Gasteiger partial charge < -0.3 is 20.1 Å². The number of piperidine rings is 1. The van der Waals surface area contributed by atoms with Gasteiger partial charge >= 0.3 is 0 Å². The van der Waals surface area contributed by atoms with Crippen LogP contribution < -0.4 is 15.2 Å². The molecule has 0 spiro atoms. The van der Waals surface area contributed by atoms with Crippen molar-refractivity contribution in [3.8, 4) is 22.1 Å². The van der Waals surface area contributed by atoms with Crippen molar-refractivity contribution >= 4 is 42.1 Å². The van der Waals surface area contributed by atoms with E-state index in [2.05, 4.69) is 4.98 Å². The molecule has 3 rings (SSSR count). The number of nitrogens with two attached hydrogens (primary N) is 1. The van der Waals surface area contributed by atoms with Crippen LogP contribution in [0, 0.1) is 6.92 Å². The number of hydrogen-bond donors (Lipinski definition) is 1. The number of amides is 1. The van der Waals surface area contributed by atoms with Crippen LogP contribution >= 0.6 is 36.2 Å². The van der Waals surface area contributed by atoms with E-state index in [1.54, 1.807) is 14.2 Å². The SMILES string of the molecule is COc1ccc(-c2nc(C)c(C(=O)N3CCCC(N)C3)s2)cc1OC.Cl.Cl. The monoisotopic (exact) mass is 433 g/mol. The van der Waals surface area contributed by atoms with Gasteiger partial charge in [-0.25, -0.2) is 4.98 Å². The summed E-state index contributed by atoms with van der Waals surface area (Å²) in [5.41, 5.74) is 7.65. The highest BCUT2D eigenvalue weighted by Gasteiger charge is 2.26. The third kappa shape index (κ3) is 5.04. The highest BCUT2D eigenvalue weighted by Crippen LogP contribution is 2.35. The molecule has 1 aliphatic heterocycles. The molecule has 1 atom stereocenters. The number of nitrogens with zero attached hydrogens (tertiary/aromatic N) is 2. The summed E-state index contributed by atoms with van der Waals surface area (Å²) in [6.07, 6.45) is 1.93. The fourth-order valence-electron chi connectivity index (χ4n) is 3.03. The van der Waals surface area contributed by atoms with Gasteiger partial charge in [-0.15, -0.1) is 36.2 Å². The summed E-state index contributed by atoms with van der Waals surface area (Å²) >= 11 is 1.41. The first-order chi connectivity index (χ1) is 12.0. The first kappa shape index (κ1) is 23.5. The molecule has 6 nitrogen and oxygen atoms in total. The number of ether oxygens (including phenoxy) is 2. The van der Waals surface area contributed by atoms with Crippen LogP contribution in [0.15, 0.2) is 18.2 Å². The van der Waals surface area contributed by atoms with Crippen LogP contribution in [0.2, 0.25) is 0 Å². The number of carbonyl (C=O) groups excluding carboxylic acids is 1. The van der Waals surface area contributed by atoms with Crippen molar-refractivity contribution in [2.24, 2.45) is 5.73 Å². The summed E-state index contributed by atoms with van der Waals surface area (Å²) < 4.78 is 10.6. The van der Waals surface area contributed by atoms with Crippen LogP contribution in [0.25, 0.3) is 10.6 Å². The fourth-order valence-corrected chi connectivity index (χ4v) is 4.06. The van der Waals surface area contributed by atoms with Crippen LogP contribution in [-0.2, 0) is 0 Å². The van der Waals surface area contributed by atoms with Crippen LogP contribution in [0.1, 0.15) is 28.2 Å². The fraction of sp³-hybridized carbons (Fsp3) is 0.444. The Bertz CT molecular complexity index is 785. The number of methoxy groups -OCH3 is 2. The number of benzene rings is 1. The zero-order chi connectivity index (χ0) is 18.0. The number of likely N-dealkylation sites (tertiary alicyclic amines) is 1. The molecule has 2 heterocycles. The van der Waals surface area contributed by atoms with Gasteiger partial charge in [-0.1, -0.05) is 0 Å². The standard InChI is InChI=1S/C18H23N3O3S.2ClH/c1-11-16(18(22)21-8-4-5-13(19)10-21)25-17(20-11)12-6-7-14(23-2)15(9-12)24-3;;/h6-7,9,13H,4-5,8,10,19H2,1-3H3;2*1H. The molecular weight excluding hydrogens is 409 g/mol. The summed E-state index contributed by atoms with van der Waals surface area (Å²) in [6, 6.07) is 5.71. The van der Waals surface area contributed by atoms with Gasteiger partial charge in [0.1, 0.15) is 9.88 Å². The first-order valence-corrected chi connectivity index (χ1v) is 9.09. The maximum atomic E-state index is 12.8. The number of rotatable bonds is 4. The summed E-state index contributed by atoms with van der Waals surface area (Å²) in [6.45, 7) is 3.25. The summed E-state index contributed by atoms with van der Waals surface area (Å²) in [4.78, 5) is 19.9. The molecule has 9 heteroatoms. The molecule has 1 amide bonds. The molecule has 1 fully saturated rings. The lowest BCUT2D eigenvalue weighted by molar-refractivity contribution is 0.0713. The normalized spacial score (nSPS) is 16.1. The number of thiazole rings is 1. The zero-order valence-corrected chi connectivity index (χ0v) is 18.0. The minimum atomic E-state index is 0. The third-order valence-corrected chi connectivity index (χ3v) is 5.56. The lowest BCUT2D eigenvalue weighted by Gasteiger charge is -2.30. The molecule has 2 aromatic rings. The number of aryl methyl sites for hydroxylation is 1. The predicted octanol–water partition coefficient (Wildman–Crippen LogP) is 3.54. The number of hydrogen-bond acceptors (Lipinski definition) is 6. The van der Waals surface area contributed by atoms with E-state index in [0.717, 1.165) is 35.7 Å². The smallest absolute Gasteiger partial charge is 0.265 e. The molecule has 0 aliphatic carbocycles. The van der Waals surface area contributed by atoms with Gasteiger partial charge in [0.15, 0.2) is 11.5 Å². The van der Waals surface area contributed by atoms with Gasteiger partial charge in [0.25, 0.3) is 5.91 Å². The minimum Gasteiger partial charge on any atom is -0.493 e. The maximum Gasteiger partial charge on any atom is 0.265 e. The lowest BCUT2D eigenvalue weighted by Crippen LogP contribution is -2.45. The molecule has 1 unspecified atom stereocenters. The second kappa shape index (κ2) is 10.1. The van der Waals surface area contributed by atoms with E-state index in [1.807, 2.05) is 30.0 Å². The van der Waals surface area contributed by atoms with E-state index in [4.69, 9.17) is 15.2 Å². The van der Waals surface area contributed by atoms with Crippen LogP contribution in [0.3, 0.4) is 0 Å². The van der Waals surface area contributed by atoms with Crippen molar-refractivity contribution < 1.29 is 14.3 Å². The van der Waals surface area contributed by atoms with Gasteiger partial charge in [0.2, 0.25) is 0 Å². The second-order valence-corrected chi connectivity index (χ2v) is 7.16. The van der Waals surface area contributed by atoms with Crippen molar-refractivity contribution in [2.45, 2.75) is 25.8 Å². The Kier molecular flexibility index (Phi) is 8.81. The Hall–Kier alpha value is -1.54. The van der Waals surface area contributed by atoms with Crippen molar-refractivity contribution in [2.75, 3.05) is 27.3 Å². The van der Waals surface area contributed by atoms with Crippen molar-refractivity contribution in [1.29, 1.82) is 0 Å². The summed E-state index contributed by atoms with van der Waals surface area (Å²) in [5.74, 6) is 1.33. The molecule has 1 aliphatic rings. The topological polar surface area (TPSA) is 77.7 Å². The largest absolute Gasteiger partial charge is 0.493 e. The molecule has 0 bridgehead atoms. The molecule has 1 aromatic heterocycles. The average molecular weight is 434 g/mol. The molecular formula is C18H25Cl2N3O3S. The van der Waals surface area contributed by atoms with Crippen LogP contribution in [-0.4, -0.2) is 49.1 Å². The molecule has 2 N–H and O–H groups in total. The molecule has 27 heavy (non-hydrogen) atoms. The minimum absolute atomic E-state index is 0. The number of aromatic nitrogens is 1. The lowest BCUT2D eigenvalue weighted by atomic mass is 10.1. The predicted molar refractivity (Wildman–Crippen MR) is 113 cm³/mol. The summed E-state index contributed by atoms with van der Waals surface area (Å²) in [5, 5.41) is 0.795. The number of carbonyl (C=O) groups is 1. The van der Waals surface area contributed by atoms with E-state index < -0.39 is 0 Å². The van der Waals surface area contributed by atoms with E-state index in [0.29, 0.717) is 22.9 Å². The van der Waals surface area contributed by atoms with E-state index in [9.17, 15) is 4.79 Å². The van der Waals surface area contributed by atoms with Crippen molar-refractivity contribution in [3.05, 3.63) is 28.8 Å². The summed E-state index contributed by atoms with van der Waals surface area (Å²) in [7, 11) is 3.20. The number of halogens is 2. The maximum absolute atomic E-state index is 12.8. The van der Waals surface area contributed by atoms with Gasteiger partial charge in [0.05, 0.1) is 19.9 Å². The molecule has 0 radical (unpaired) electrons. The van der Waals surface area contributed by atoms with E-state index >= 15 is 0 Å². The Morgan fingerprint density at radius 3 is 2.59 bits per heavy atom. The van der Waals surface area contributed by atoms with Crippen molar-refractivity contribution in [3.63, 3.8) is 0 Å². The highest BCUT2D eigenvalue weighted by atomic mass is 35.5. The van der Waals surface area contributed by atoms with Crippen LogP contribution in [0.4, 0.5) is 0 Å². The molecule has 1 aromatic carbocycles. The Morgan fingerprint density at radius 1 is 1.26 bits per heavy atom. The molecule has 150 valence electrons. The van der Waals surface area contributed by atoms with Gasteiger partial charge in [-0.3, -0.25) is 4.79 Å². The third-order valence-electron chi connectivity index (χ3n) is 4.37. The average Bonchev–Trinajstić information content (AvgIpc) is 3.02.